The van der Waals surface area contributed by atoms with Crippen molar-refractivity contribution in [2.45, 2.75) is 25.8 Å². The predicted octanol–water partition coefficient (Wildman–Crippen LogP) is 2.67. The quantitative estimate of drug-likeness (QED) is 0.915. The van der Waals surface area contributed by atoms with Gasteiger partial charge in [-0.1, -0.05) is 6.07 Å². The molecule has 2 aromatic rings. The third-order valence-corrected chi connectivity index (χ3v) is 5.07. The maximum Gasteiger partial charge on any atom is 0.322 e. The van der Waals surface area contributed by atoms with Crippen LogP contribution in [0.15, 0.2) is 30.7 Å². The lowest BCUT2D eigenvalue weighted by atomic mass is 9.86. The van der Waals surface area contributed by atoms with Crippen LogP contribution in [0.3, 0.4) is 0 Å². The van der Waals surface area contributed by atoms with Gasteiger partial charge in [0.2, 0.25) is 0 Å². The Labute approximate surface area is 155 Å². The molecule has 0 bridgehead atoms. The Kier molecular flexibility index (Phi) is 5.56. The van der Waals surface area contributed by atoms with Gasteiger partial charge in [0.05, 0.1) is 6.20 Å². The Morgan fingerprint density at radius 1 is 1.35 bits per heavy atom. The normalized spacial score (nSPS) is 20.8. The van der Waals surface area contributed by atoms with Gasteiger partial charge in [0.1, 0.15) is 5.82 Å². The smallest absolute Gasteiger partial charge is 0.322 e. The number of rotatable bonds is 4. The summed E-state index contributed by atoms with van der Waals surface area (Å²) < 4.78 is 1.84. The number of hydrogen-bond acceptors (Lipinski definition) is 4. The summed E-state index contributed by atoms with van der Waals surface area (Å²) in [5.41, 5.74) is 2.29. The lowest BCUT2D eigenvalue weighted by molar-refractivity contribution is 0.101. The van der Waals surface area contributed by atoms with Crippen molar-refractivity contribution in [1.29, 1.82) is 0 Å². The fourth-order valence-corrected chi connectivity index (χ4v) is 3.75. The summed E-state index contributed by atoms with van der Waals surface area (Å²) in [5.74, 6) is 0.955. The molecule has 1 saturated heterocycles. The van der Waals surface area contributed by atoms with Crippen molar-refractivity contribution >= 4 is 11.8 Å². The highest BCUT2D eigenvalue weighted by Crippen LogP contribution is 2.35. The molecule has 0 radical (unpaired) electrons. The molecule has 2 aromatic heterocycles. The number of hydrogen-bond donors (Lipinski definition) is 1. The number of likely N-dealkylation sites (tertiary alicyclic amines) is 1. The highest BCUT2D eigenvalue weighted by molar-refractivity contribution is 5.88. The van der Waals surface area contributed by atoms with Gasteiger partial charge in [-0.15, -0.1) is 0 Å². The summed E-state index contributed by atoms with van der Waals surface area (Å²) >= 11 is 0. The van der Waals surface area contributed by atoms with Gasteiger partial charge >= 0.3 is 6.03 Å². The Balaban J connectivity index is 1.66. The standard InChI is InChI=1S/C19H28N6O/c1-14-7-8-17(20-10-14)22-19(26)24(3)12-15-6-5-9-23(2)18(15)16-11-21-25(4)13-16/h7-8,10-11,13,15,18H,5-6,9,12H2,1-4H3,(H,20,22,26)/t15-,18+/m0/s1. The number of amides is 2. The SMILES string of the molecule is Cc1ccc(NC(=O)N(C)C[C@@H]2CCCN(C)[C@H]2c2cnn(C)c2)nc1. The van der Waals surface area contributed by atoms with Crippen LogP contribution in [-0.4, -0.2) is 57.8 Å². The highest BCUT2D eigenvalue weighted by atomic mass is 16.2. The Bertz CT molecular complexity index is 741. The summed E-state index contributed by atoms with van der Waals surface area (Å²) in [6.07, 6.45) is 8.02. The summed E-state index contributed by atoms with van der Waals surface area (Å²) in [5, 5.41) is 7.20. The zero-order valence-electron chi connectivity index (χ0n) is 16.0. The van der Waals surface area contributed by atoms with Crippen LogP contribution in [-0.2, 0) is 7.05 Å². The lowest BCUT2D eigenvalue weighted by Crippen LogP contribution is -2.43. The monoisotopic (exact) mass is 356 g/mol. The molecule has 0 unspecified atom stereocenters. The topological polar surface area (TPSA) is 66.3 Å². The van der Waals surface area contributed by atoms with Gasteiger partial charge in [0.25, 0.3) is 0 Å². The van der Waals surface area contributed by atoms with Crippen molar-refractivity contribution in [3.05, 3.63) is 41.9 Å². The first-order valence-electron chi connectivity index (χ1n) is 9.07. The number of carbonyl (C=O) groups is 1. The van der Waals surface area contributed by atoms with Crippen molar-refractivity contribution in [3.63, 3.8) is 0 Å². The minimum atomic E-state index is -0.125. The molecular formula is C19H28N6O. The number of carbonyl (C=O) groups excluding carboxylic acids is 1. The van der Waals surface area contributed by atoms with E-state index in [9.17, 15) is 4.79 Å². The van der Waals surface area contributed by atoms with Crippen LogP contribution in [0, 0.1) is 12.8 Å². The zero-order valence-corrected chi connectivity index (χ0v) is 16.0. The van der Waals surface area contributed by atoms with Crippen LogP contribution in [0.2, 0.25) is 0 Å². The second kappa shape index (κ2) is 7.86. The van der Waals surface area contributed by atoms with Crippen molar-refractivity contribution in [2.24, 2.45) is 13.0 Å². The molecule has 1 aliphatic heterocycles. The van der Waals surface area contributed by atoms with Crippen molar-refractivity contribution < 1.29 is 4.79 Å². The van der Waals surface area contributed by atoms with Gasteiger partial charge in [-0.2, -0.15) is 5.10 Å². The number of aromatic nitrogens is 3. The molecule has 2 amide bonds. The predicted molar refractivity (Wildman–Crippen MR) is 102 cm³/mol. The van der Waals surface area contributed by atoms with E-state index in [1.807, 2.05) is 44.0 Å². The first-order chi connectivity index (χ1) is 12.4. The highest BCUT2D eigenvalue weighted by Gasteiger charge is 2.32. The molecule has 3 heterocycles. The number of urea groups is 1. The van der Waals surface area contributed by atoms with E-state index in [0.29, 0.717) is 18.3 Å². The second-order valence-electron chi connectivity index (χ2n) is 7.31. The summed E-state index contributed by atoms with van der Waals surface area (Å²) in [4.78, 5) is 20.9. The Hall–Kier alpha value is -2.41. The number of aryl methyl sites for hydroxylation is 2. The van der Waals surface area contributed by atoms with Crippen LogP contribution in [0.5, 0.6) is 0 Å². The van der Waals surface area contributed by atoms with E-state index in [1.54, 1.807) is 11.1 Å². The molecular weight excluding hydrogens is 328 g/mol. The number of piperidine rings is 1. The molecule has 7 heteroatoms. The third-order valence-electron chi connectivity index (χ3n) is 5.07. The first kappa shape index (κ1) is 18.4. The van der Waals surface area contributed by atoms with Crippen molar-refractivity contribution in [1.82, 2.24) is 24.6 Å². The van der Waals surface area contributed by atoms with Gasteiger partial charge in [-0.05, 0) is 50.9 Å². The molecule has 0 saturated carbocycles. The fraction of sp³-hybridized carbons (Fsp3) is 0.526. The van der Waals surface area contributed by atoms with Gasteiger partial charge in [-0.25, -0.2) is 9.78 Å². The Morgan fingerprint density at radius 2 is 2.15 bits per heavy atom. The molecule has 0 spiro atoms. The maximum atomic E-state index is 12.5. The van der Waals surface area contributed by atoms with Gasteiger partial charge < -0.3 is 4.90 Å². The molecule has 1 N–H and O–H groups in total. The van der Waals surface area contributed by atoms with E-state index in [4.69, 9.17) is 0 Å². The molecule has 3 rings (SSSR count). The van der Waals surface area contributed by atoms with E-state index >= 15 is 0 Å². The molecule has 26 heavy (non-hydrogen) atoms. The summed E-state index contributed by atoms with van der Waals surface area (Å²) in [6.45, 7) is 3.74. The molecule has 0 aromatic carbocycles. The van der Waals surface area contributed by atoms with Crippen LogP contribution in [0.4, 0.5) is 10.6 Å². The van der Waals surface area contributed by atoms with E-state index in [0.717, 1.165) is 24.9 Å². The molecule has 1 aliphatic rings. The van der Waals surface area contributed by atoms with Crippen LogP contribution < -0.4 is 5.32 Å². The molecule has 1 fully saturated rings. The van der Waals surface area contributed by atoms with E-state index in [-0.39, 0.29) is 12.1 Å². The third kappa shape index (κ3) is 4.22. The number of pyridine rings is 1. The van der Waals surface area contributed by atoms with E-state index < -0.39 is 0 Å². The van der Waals surface area contributed by atoms with Crippen molar-refractivity contribution in [3.8, 4) is 0 Å². The molecule has 0 aliphatic carbocycles. The maximum absolute atomic E-state index is 12.5. The number of nitrogens with one attached hydrogen (secondary N) is 1. The summed E-state index contributed by atoms with van der Waals surface area (Å²) in [7, 11) is 5.94. The molecule has 7 nitrogen and oxygen atoms in total. The van der Waals surface area contributed by atoms with Crippen LogP contribution in [0.25, 0.3) is 0 Å². The van der Waals surface area contributed by atoms with Crippen LogP contribution in [0.1, 0.15) is 30.0 Å². The minimum Gasteiger partial charge on any atom is -0.327 e. The van der Waals surface area contributed by atoms with Gasteiger partial charge in [0.15, 0.2) is 0 Å². The van der Waals surface area contributed by atoms with E-state index in [2.05, 4.69) is 33.5 Å². The zero-order chi connectivity index (χ0) is 18.7. The van der Waals surface area contributed by atoms with Gasteiger partial charge in [0, 0.05) is 44.6 Å². The summed E-state index contributed by atoms with van der Waals surface area (Å²) in [6, 6.07) is 3.93. The minimum absolute atomic E-state index is 0.125. The van der Waals surface area contributed by atoms with Crippen LogP contribution >= 0.6 is 0 Å². The molecule has 140 valence electrons. The number of nitrogens with zero attached hydrogens (tertiary/aromatic N) is 5. The number of anilines is 1. The largest absolute Gasteiger partial charge is 0.327 e. The fourth-order valence-electron chi connectivity index (χ4n) is 3.75. The van der Waals surface area contributed by atoms with E-state index in [1.165, 1.54) is 5.56 Å². The second-order valence-corrected chi connectivity index (χ2v) is 7.31. The first-order valence-corrected chi connectivity index (χ1v) is 9.07. The lowest BCUT2D eigenvalue weighted by Gasteiger charge is -2.40. The Morgan fingerprint density at radius 3 is 2.81 bits per heavy atom. The average Bonchev–Trinajstić information content (AvgIpc) is 3.03. The molecule has 2 atom stereocenters. The average molecular weight is 356 g/mol. The van der Waals surface area contributed by atoms with Crippen molar-refractivity contribution in [2.75, 3.05) is 32.5 Å². The van der Waals surface area contributed by atoms with Gasteiger partial charge in [-0.3, -0.25) is 14.9 Å².